The number of fused-ring (bicyclic) bond motifs is 1. The maximum Gasteiger partial charge on any atom is 0.292 e. The third-order valence-corrected chi connectivity index (χ3v) is 3.32. The zero-order valence-electron chi connectivity index (χ0n) is 9.94. The number of carbonyl (C=O) groups excluding carboxylic acids is 2. The first-order valence-electron chi connectivity index (χ1n) is 6.04. The van der Waals surface area contributed by atoms with Crippen LogP contribution in [0.15, 0.2) is 18.2 Å². The standard InChI is InChI=1S/C13H14N2O3/c16-12-7-9-1-2-10(8-11(9)14-13(12)17)15-3-5-18-6-4-15/h1-2,8H,3-7H2,(H,14,17). The maximum atomic E-state index is 11.4. The molecule has 0 unspecified atom stereocenters. The molecule has 1 aromatic carbocycles. The van der Waals surface area contributed by atoms with Gasteiger partial charge in [-0.2, -0.15) is 0 Å². The number of anilines is 2. The van der Waals surface area contributed by atoms with Gasteiger partial charge < -0.3 is 15.0 Å². The molecule has 0 bridgehead atoms. The van der Waals surface area contributed by atoms with Crippen LogP contribution >= 0.6 is 0 Å². The lowest BCUT2D eigenvalue weighted by atomic mass is 10.0. The van der Waals surface area contributed by atoms with Crippen molar-refractivity contribution in [2.45, 2.75) is 6.42 Å². The number of Topliss-reactive ketones (excluding diaryl/α,β-unsaturated/α-hetero) is 1. The zero-order valence-corrected chi connectivity index (χ0v) is 9.94. The summed E-state index contributed by atoms with van der Waals surface area (Å²) in [6.07, 6.45) is 0.199. The Bertz CT molecular complexity index is 507. The largest absolute Gasteiger partial charge is 0.378 e. The molecular weight excluding hydrogens is 232 g/mol. The van der Waals surface area contributed by atoms with E-state index in [-0.39, 0.29) is 12.2 Å². The first kappa shape index (κ1) is 11.2. The minimum Gasteiger partial charge on any atom is -0.378 e. The number of nitrogens with zero attached hydrogens (tertiary/aromatic N) is 1. The highest BCUT2D eigenvalue weighted by molar-refractivity contribution is 6.42. The molecule has 18 heavy (non-hydrogen) atoms. The van der Waals surface area contributed by atoms with Gasteiger partial charge in [-0.15, -0.1) is 0 Å². The van der Waals surface area contributed by atoms with Crippen molar-refractivity contribution in [2.75, 3.05) is 36.5 Å². The minimum absolute atomic E-state index is 0.199. The van der Waals surface area contributed by atoms with Crippen LogP contribution in [0.2, 0.25) is 0 Å². The third-order valence-electron chi connectivity index (χ3n) is 3.32. The van der Waals surface area contributed by atoms with Gasteiger partial charge in [-0.1, -0.05) is 6.07 Å². The number of hydrogen-bond acceptors (Lipinski definition) is 4. The molecule has 2 aliphatic rings. The van der Waals surface area contributed by atoms with Gasteiger partial charge in [-0.25, -0.2) is 0 Å². The normalized spacial score (nSPS) is 19.4. The van der Waals surface area contributed by atoms with Crippen molar-refractivity contribution in [3.63, 3.8) is 0 Å². The highest BCUT2D eigenvalue weighted by Crippen LogP contribution is 2.27. The topological polar surface area (TPSA) is 58.6 Å². The van der Waals surface area contributed by atoms with E-state index in [9.17, 15) is 9.59 Å². The summed E-state index contributed by atoms with van der Waals surface area (Å²) < 4.78 is 5.31. The second kappa shape index (κ2) is 4.42. The summed E-state index contributed by atoms with van der Waals surface area (Å²) >= 11 is 0. The summed E-state index contributed by atoms with van der Waals surface area (Å²) in [5, 5.41) is 2.64. The molecule has 1 fully saturated rings. The Morgan fingerprint density at radius 3 is 2.72 bits per heavy atom. The average molecular weight is 246 g/mol. The predicted octanol–water partition coefficient (Wildman–Crippen LogP) is 0.587. The predicted molar refractivity (Wildman–Crippen MR) is 66.8 cm³/mol. The highest BCUT2D eigenvalue weighted by Gasteiger charge is 2.24. The first-order chi connectivity index (χ1) is 8.74. The van der Waals surface area contributed by atoms with Crippen LogP contribution in [0.1, 0.15) is 5.56 Å². The smallest absolute Gasteiger partial charge is 0.292 e. The summed E-state index contributed by atoms with van der Waals surface area (Å²) in [6, 6.07) is 5.84. The van der Waals surface area contributed by atoms with E-state index in [2.05, 4.69) is 10.2 Å². The van der Waals surface area contributed by atoms with E-state index >= 15 is 0 Å². The molecule has 1 saturated heterocycles. The fraction of sp³-hybridized carbons (Fsp3) is 0.385. The summed E-state index contributed by atoms with van der Waals surface area (Å²) in [5.41, 5.74) is 2.70. The number of carbonyl (C=O) groups is 2. The van der Waals surface area contributed by atoms with Crippen molar-refractivity contribution in [1.82, 2.24) is 0 Å². The molecular formula is C13H14N2O3. The zero-order chi connectivity index (χ0) is 12.5. The fourth-order valence-corrected chi connectivity index (χ4v) is 2.30. The summed E-state index contributed by atoms with van der Waals surface area (Å²) in [7, 11) is 0. The van der Waals surface area contributed by atoms with Crippen LogP contribution in [0, 0.1) is 0 Å². The van der Waals surface area contributed by atoms with Gasteiger partial charge in [-0.05, 0) is 17.7 Å². The van der Waals surface area contributed by atoms with Crippen LogP contribution in [0.4, 0.5) is 11.4 Å². The molecule has 0 radical (unpaired) electrons. The Hall–Kier alpha value is -1.88. The Labute approximate surface area is 105 Å². The SMILES string of the molecule is O=C1Cc2ccc(N3CCOCC3)cc2NC1=O. The Balaban J connectivity index is 1.88. The number of ketones is 1. The highest BCUT2D eigenvalue weighted by atomic mass is 16.5. The van der Waals surface area contributed by atoms with Crippen LogP contribution in [0.5, 0.6) is 0 Å². The molecule has 1 N–H and O–H groups in total. The molecule has 0 saturated carbocycles. The third kappa shape index (κ3) is 1.97. The van der Waals surface area contributed by atoms with Crippen molar-refractivity contribution in [1.29, 1.82) is 0 Å². The number of nitrogens with one attached hydrogen (secondary N) is 1. The van der Waals surface area contributed by atoms with Crippen molar-refractivity contribution in [2.24, 2.45) is 0 Å². The molecule has 1 aromatic rings. The average Bonchev–Trinajstić information content (AvgIpc) is 2.41. The maximum absolute atomic E-state index is 11.4. The van der Waals surface area contributed by atoms with Gasteiger partial charge in [0.25, 0.3) is 5.91 Å². The van der Waals surface area contributed by atoms with Crippen molar-refractivity contribution >= 4 is 23.1 Å². The molecule has 0 atom stereocenters. The number of hydrogen-bond donors (Lipinski definition) is 1. The van der Waals surface area contributed by atoms with Gasteiger partial charge in [0, 0.05) is 30.9 Å². The van der Waals surface area contributed by atoms with E-state index in [1.807, 2.05) is 18.2 Å². The van der Waals surface area contributed by atoms with E-state index in [0.717, 1.165) is 43.2 Å². The van der Waals surface area contributed by atoms with Gasteiger partial charge in [0.1, 0.15) is 0 Å². The molecule has 0 aromatic heterocycles. The quantitative estimate of drug-likeness (QED) is 0.737. The van der Waals surface area contributed by atoms with Gasteiger partial charge in [0.15, 0.2) is 0 Å². The van der Waals surface area contributed by atoms with Gasteiger partial charge >= 0.3 is 0 Å². The van der Waals surface area contributed by atoms with Crippen LogP contribution in [-0.4, -0.2) is 38.0 Å². The number of benzene rings is 1. The van der Waals surface area contributed by atoms with Crippen molar-refractivity contribution < 1.29 is 14.3 Å². The molecule has 5 heteroatoms. The Morgan fingerprint density at radius 1 is 1.17 bits per heavy atom. The molecule has 0 spiro atoms. The number of rotatable bonds is 1. The Kier molecular flexibility index (Phi) is 2.76. The number of ether oxygens (including phenoxy) is 1. The second-order valence-electron chi connectivity index (χ2n) is 4.49. The fourth-order valence-electron chi connectivity index (χ4n) is 2.30. The van der Waals surface area contributed by atoms with Gasteiger partial charge in [0.05, 0.1) is 13.2 Å². The van der Waals surface area contributed by atoms with Gasteiger partial charge in [0.2, 0.25) is 5.78 Å². The lowest BCUT2D eigenvalue weighted by molar-refractivity contribution is -0.134. The number of morpholine rings is 1. The molecule has 94 valence electrons. The monoisotopic (exact) mass is 246 g/mol. The molecule has 0 aliphatic carbocycles. The van der Waals surface area contributed by atoms with Crippen LogP contribution in [0.3, 0.4) is 0 Å². The summed E-state index contributed by atoms with van der Waals surface area (Å²) in [4.78, 5) is 24.9. The minimum atomic E-state index is -0.512. The Morgan fingerprint density at radius 2 is 1.94 bits per heavy atom. The van der Waals surface area contributed by atoms with E-state index in [1.54, 1.807) is 0 Å². The first-order valence-corrected chi connectivity index (χ1v) is 6.04. The summed E-state index contributed by atoms with van der Waals surface area (Å²) in [6.45, 7) is 3.15. The van der Waals surface area contributed by atoms with Crippen LogP contribution in [0.25, 0.3) is 0 Å². The summed E-state index contributed by atoms with van der Waals surface area (Å²) in [5.74, 6) is -0.886. The van der Waals surface area contributed by atoms with Crippen LogP contribution in [-0.2, 0) is 20.7 Å². The van der Waals surface area contributed by atoms with Gasteiger partial charge in [-0.3, -0.25) is 9.59 Å². The lowest BCUT2D eigenvalue weighted by Crippen LogP contribution is -2.36. The van der Waals surface area contributed by atoms with E-state index < -0.39 is 5.91 Å². The molecule has 5 nitrogen and oxygen atoms in total. The van der Waals surface area contributed by atoms with E-state index in [1.165, 1.54) is 0 Å². The molecule has 2 aliphatic heterocycles. The lowest BCUT2D eigenvalue weighted by Gasteiger charge is -2.30. The molecule has 3 rings (SSSR count). The number of amides is 1. The van der Waals surface area contributed by atoms with Crippen LogP contribution < -0.4 is 10.2 Å². The molecule has 2 heterocycles. The van der Waals surface area contributed by atoms with Crippen molar-refractivity contribution in [3.05, 3.63) is 23.8 Å². The molecule has 1 amide bonds. The van der Waals surface area contributed by atoms with Crippen molar-refractivity contribution in [3.8, 4) is 0 Å². The van der Waals surface area contributed by atoms with E-state index in [4.69, 9.17) is 4.74 Å². The second-order valence-corrected chi connectivity index (χ2v) is 4.49. The van der Waals surface area contributed by atoms with E-state index in [0.29, 0.717) is 0 Å².